The van der Waals surface area contributed by atoms with Crippen molar-refractivity contribution in [3.8, 4) is 0 Å². The fourth-order valence-electron chi connectivity index (χ4n) is 1.87. The van der Waals surface area contributed by atoms with Gasteiger partial charge in [0, 0.05) is 10.6 Å². The predicted molar refractivity (Wildman–Crippen MR) is 75.9 cm³/mol. The van der Waals surface area contributed by atoms with Gasteiger partial charge in [0.25, 0.3) is 0 Å². The smallest absolute Gasteiger partial charge is 0.129 e. The molecular formula is C14H15ClFNS. The van der Waals surface area contributed by atoms with Crippen molar-refractivity contribution in [3.63, 3.8) is 0 Å². The molecule has 1 atom stereocenters. The summed E-state index contributed by atoms with van der Waals surface area (Å²) in [6.45, 7) is 2.94. The van der Waals surface area contributed by atoms with E-state index in [1.807, 2.05) is 16.8 Å². The average molecular weight is 284 g/mol. The van der Waals surface area contributed by atoms with E-state index in [9.17, 15) is 4.39 Å². The van der Waals surface area contributed by atoms with Crippen molar-refractivity contribution in [2.45, 2.75) is 19.4 Å². The van der Waals surface area contributed by atoms with Gasteiger partial charge in [-0.1, -0.05) is 24.6 Å². The first kappa shape index (κ1) is 13.5. The van der Waals surface area contributed by atoms with Gasteiger partial charge in [0.15, 0.2) is 0 Å². The Morgan fingerprint density at radius 2 is 2.22 bits per heavy atom. The Morgan fingerprint density at radius 1 is 1.39 bits per heavy atom. The zero-order chi connectivity index (χ0) is 13.0. The van der Waals surface area contributed by atoms with E-state index < -0.39 is 0 Å². The van der Waals surface area contributed by atoms with Crippen molar-refractivity contribution in [1.29, 1.82) is 0 Å². The lowest BCUT2D eigenvalue weighted by Gasteiger charge is -2.19. The highest BCUT2D eigenvalue weighted by Gasteiger charge is 2.17. The Balaban J connectivity index is 2.33. The summed E-state index contributed by atoms with van der Waals surface area (Å²) < 4.78 is 14.0. The number of hydrogen-bond donors (Lipinski definition) is 1. The van der Waals surface area contributed by atoms with Crippen LogP contribution in [0.3, 0.4) is 0 Å². The molecule has 0 saturated carbocycles. The molecule has 1 N–H and O–H groups in total. The third-order valence-electron chi connectivity index (χ3n) is 2.75. The summed E-state index contributed by atoms with van der Waals surface area (Å²) in [5.41, 5.74) is 1.74. The van der Waals surface area contributed by atoms with Crippen molar-refractivity contribution in [1.82, 2.24) is 5.32 Å². The molecule has 0 aliphatic carbocycles. The molecule has 0 aliphatic rings. The molecule has 2 rings (SSSR count). The Hall–Kier alpha value is -0.900. The van der Waals surface area contributed by atoms with E-state index in [1.165, 1.54) is 6.07 Å². The van der Waals surface area contributed by atoms with Gasteiger partial charge in [0.05, 0.1) is 6.04 Å². The molecular weight excluding hydrogens is 269 g/mol. The van der Waals surface area contributed by atoms with E-state index in [1.54, 1.807) is 23.5 Å². The number of thiophene rings is 1. The normalized spacial score (nSPS) is 12.6. The number of hydrogen-bond acceptors (Lipinski definition) is 2. The second-order valence-electron chi connectivity index (χ2n) is 4.11. The van der Waals surface area contributed by atoms with E-state index >= 15 is 0 Å². The SMILES string of the molecule is CCCNC(c1ccsc1)c1ccc(Cl)cc1F. The van der Waals surface area contributed by atoms with Gasteiger partial charge in [-0.25, -0.2) is 4.39 Å². The molecule has 2 aromatic rings. The number of benzene rings is 1. The maximum Gasteiger partial charge on any atom is 0.129 e. The Morgan fingerprint density at radius 3 is 2.83 bits per heavy atom. The summed E-state index contributed by atoms with van der Waals surface area (Å²) >= 11 is 7.41. The summed E-state index contributed by atoms with van der Waals surface area (Å²) in [6.07, 6.45) is 1.01. The van der Waals surface area contributed by atoms with Crippen molar-refractivity contribution < 1.29 is 4.39 Å². The van der Waals surface area contributed by atoms with E-state index in [4.69, 9.17) is 11.6 Å². The van der Waals surface area contributed by atoms with Crippen LogP contribution in [-0.2, 0) is 0 Å². The van der Waals surface area contributed by atoms with Crippen LogP contribution in [0.5, 0.6) is 0 Å². The molecule has 4 heteroatoms. The minimum Gasteiger partial charge on any atom is -0.306 e. The van der Waals surface area contributed by atoms with Crippen LogP contribution in [0.1, 0.15) is 30.5 Å². The van der Waals surface area contributed by atoms with Crippen LogP contribution >= 0.6 is 22.9 Å². The van der Waals surface area contributed by atoms with Gasteiger partial charge < -0.3 is 5.32 Å². The molecule has 18 heavy (non-hydrogen) atoms. The summed E-state index contributed by atoms with van der Waals surface area (Å²) in [6, 6.07) is 6.76. The summed E-state index contributed by atoms with van der Waals surface area (Å²) in [7, 11) is 0. The van der Waals surface area contributed by atoms with Gasteiger partial charge in [-0.2, -0.15) is 11.3 Å². The van der Waals surface area contributed by atoms with Gasteiger partial charge in [0.1, 0.15) is 5.82 Å². The van der Waals surface area contributed by atoms with E-state index in [0.717, 1.165) is 18.5 Å². The van der Waals surface area contributed by atoms with Crippen LogP contribution in [0.15, 0.2) is 35.0 Å². The molecule has 1 nitrogen and oxygen atoms in total. The highest BCUT2D eigenvalue weighted by Crippen LogP contribution is 2.27. The first-order valence-electron chi connectivity index (χ1n) is 5.92. The predicted octanol–water partition coefficient (Wildman–Crippen LogP) is 4.63. The Labute approximate surface area is 116 Å². The molecule has 1 aromatic carbocycles. The minimum absolute atomic E-state index is 0.103. The lowest BCUT2D eigenvalue weighted by Crippen LogP contribution is -2.23. The number of nitrogens with one attached hydrogen (secondary N) is 1. The first-order valence-corrected chi connectivity index (χ1v) is 7.25. The van der Waals surface area contributed by atoms with Crippen LogP contribution in [0.25, 0.3) is 0 Å². The zero-order valence-corrected chi connectivity index (χ0v) is 11.7. The molecule has 0 amide bonds. The Bertz CT molecular complexity index is 499. The second-order valence-corrected chi connectivity index (χ2v) is 5.33. The third kappa shape index (κ3) is 3.10. The molecule has 1 aromatic heterocycles. The molecule has 0 aliphatic heterocycles. The van der Waals surface area contributed by atoms with Gasteiger partial charge in [-0.15, -0.1) is 0 Å². The van der Waals surface area contributed by atoms with E-state index in [0.29, 0.717) is 10.6 Å². The molecule has 0 radical (unpaired) electrons. The van der Waals surface area contributed by atoms with Crippen molar-refractivity contribution in [2.24, 2.45) is 0 Å². The van der Waals surface area contributed by atoms with E-state index in [-0.39, 0.29) is 11.9 Å². The van der Waals surface area contributed by atoms with Crippen LogP contribution < -0.4 is 5.32 Å². The highest BCUT2D eigenvalue weighted by molar-refractivity contribution is 7.08. The first-order chi connectivity index (χ1) is 8.72. The number of halogens is 2. The largest absolute Gasteiger partial charge is 0.306 e. The molecule has 1 unspecified atom stereocenters. The van der Waals surface area contributed by atoms with Crippen LogP contribution in [0.2, 0.25) is 5.02 Å². The quantitative estimate of drug-likeness (QED) is 0.844. The fourth-order valence-corrected chi connectivity index (χ4v) is 2.72. The van der Waals surface area contributed by atoms with Crippen molar-refractivity contribution in [2.75, 3.05) is 6.54 Å². The summed E-state index contributed by atoms with van der Waals surface area (Å²) in [4.78, 5) is 0. The maximum absolute atomic E-state index is 14.0. The van der Waals surface area contributed by atoms with Gasteiger partial charge in [-0.3, -0.25) is 0 Å². The summed E-state index contributed by atoms with van der Waals surface area (Å²) in [5, 5.41) is 7.85. The molecule has 96 valence electrons. The Kier molecular flexibility index (Phi) is 4.75. The lowest BCUT2D eigenvalue weighted by atomic mass is 10.0. The molecule has 0 bridgehead atoms. The minimum atomic E-state index is -0.262. The standard InChI is InChI=1S/C14H15ClFNS/c1-2-6-17-14(10-5-7-18-9-10)12-4-3-11(15)8-13(12)16/h3-5,7-9,14,17H,2,6H2,1H3. The van der Waals surface area contributed by atoms with Gasteiger partial charge in [0.2, 0.25) is 0 Å². The highest BCUT2D eigenvalue weighted by atomic mass is 35.5. The number of rotatable bonds is 5. The molecule has 0 spiro atoms. The molecule has 0 saturated heterocycles. The summed E-state index contributed by atoms with van der Waals surface area (Å²) in [5.74, 6) is -0.262. The van der Waals surface area contributed by atoms with Crippen molar-refractivity contribution >= 4 is 22.9 Å². The maximum atomic E-state index is 14.0. The third-order valence-corrected chi connectivity index (χ3v) is 3.69. The molecule has 0 fully saturated rings. The van der Waals surface area contributed by atoms with Crippen LogP contribution in [-0.4, -0.2) is 6.54 Å². The molecule has 1 heterocycles. The van der Waals surface area contributed by atoms with Crippen molar-refractivity contribution in [3.05, 3.63) is 57.0 Å². The topological polar surface area (TPSA) is 12.0 Å². The monoisotopic (exact) mass is 283 g/mol. The van der Waals surface area contributed by atoms with Gasteiger partial charge in [-0.05, 0) is 47.5 Å². The van der Waals surface area contributed by atoms with E-state index in [2.05, 4.69) is 12.2 Å². The average Bonchev–Trinajstić information content (AvgIpc) is 2.85. The fraction of sp³-hybridized carbons (Fsp3) is 0.286. The van der Waals surface area contributed by atoms with Crippen LogP contribution in [0.4, 0.5) is 4.39 Å². The zero-order valence-electron chi connectivity index (χ0n) is 10.1. The lowest BCUT2D eigenvalue weighted by molar-refractivity contribution is 0.547. The van der Waals surface area contributed by atoms with Crippen LogP contribution in [0, 0.1) is 5.82 Å². The second kappa shape index (κ2) is 6.32. The van der Waals surface area contributed by atoms with Gasteiger partial charge >= 0.3 is 0 Å².